The van der Waals surface area contributed by atoms with Gasteiger partial charge in [0, 0.05) is 29.7 Å². The van der Waals surface area contributed by atoms with Crippen LogP contribution in [0.5, 0.6) is 17.2 Å². The van der Waals surface area contributed by atoms with E-state index in [1.807, 2.05) is 45.0 Å². The zero-order chi connectivity index (χ0) is 18.2. The van der Waals surface area contributed by atoms with Crippen LogP contribution in [0.1, 0.15) is 46.5 Å². The van der Waals surface area contributed by atoms with Crippen LogP contribution in [-0.4, -0.2) is 18.5 Å². The summed E-state index contributed by atoms with van der Waals surface area (Å²) in [7, 11) is 0. The van der Waals surface area contributed by atoms with Gasteiger partial charge in [-0.25, -0.2) is 0 Å². The van der Waals surface area contributed by atoms with Gasteiger partial charge in [-0.05, 0) is 19.8 Å². The van der Waals surface area contributed by atoms with Crippen molar-refractivity contribution < 1.29 is 23.8 Å². The van der Waals surface area contributed by atoms with Gasteiger partial charge in [-0.2, -0.15) is 0 Å². The molecule has 2 aromatic carbocycles. The molecule has 5 heteroatoms. The van der Waals surface area contributed by atoms with E-state index in [9.17, 15) is 9.59 Å². The summed E-state index contributed by atoms with van der Waals surface area (Å²) in [5.41, 5.74) is 0. The average molecular weight is 344 g/mol. The molecule has 0 radical (unpaired) electrons. The Bertz CT molecular complexity index is 751. The smallest absolute Gasteiger partial charge is 0.311 e. The van der Waals surface area contributed by atoms with Crippen LogP contribution in [-0.2, 0) is 9.59 Å². The van der Waals surface area contributed by atoms with Crippen molar-refractivity contribution in [1.29, 1.82) is 0 Å². The summed E-state index contributed by atoms with van der Waals surface area (Å²) in [5, 5.41) is 1.38. The van der Waals surface area contributed by atoms with Gasteiger partial charge in [0.05, 0.1) is 6.61 Å². The van der Waals surface area contributed by atoms with E-state index in [0.29, 0.717) is 60.3 Å². The summed E-state index contributed by atoms with van der Waals surface area (Å²) in [6.45, 7) is 6.08. The number of esters is 2. The predicted molar refractivity (Wildman–Crippen MR) is 96.2 cm³/mol. The molecule has 0 saturated heterocycles. The SMILES string of the molecule is CCCC(=O)Oc1cc(OCC)c(OC(=O)CCC)c2ccccc12. The molecule has 5 nitrogen and oxygen atoms in total. The lowest BCUT2D eigenvalue weighted by Crippen LogP contribution is -2.11. The Balaban J connectivity index is 2.53. The molecule has 0 spiro atoms. The molecule has 2 rings (SSSR count). The van der Waals surface area contributed by atoms with E-state index in [2.05, 4.69) is 0 Å². The molecule has 2 aromatic rings. The molecule has 0 saturated carbocycles. The van der Waals surface area contributed by atoms with E-state index < -0.39 is 0 Å². The number of rotatable bonds is 8. The molecule has 0 amide bonds. The number of carbonyl (C=O) groups excluding carboxylic acids is 2. The van der Waals surface area contributed by atoms with E-state index in [1.165, 1.54) is 0 Å². The largest absolute Gasteiger partial charge is 0.490 e. The first-order valence-electron chi connectivity index (χ1n) is 8.70. The summed E-state index contributed by atoms with van der Waals surface area (Å²) in [4.78, 5) is 23.9. The Morgan fingerprint density at radius 1 is 0.840 bits per heavy atom. The second-order valence-electron chi connectivity index (χ2n) is 5.63. The zero-order valence-corrected chi connectivity index (χ0v) is 15.0. The van der Waals surface area contributed by atoms with Crippen molar-refractivity contribution in [2.75, 3.05) is 6.61 Å². The third-order valence-electron chi connectivity index (χ3n) is 3.57. The van der Waals surface area contributed by atoms with Crippen LogP contribution in [0, 0.1) is 0 Å². The Kier molecular flexibility index (Phi) is 6.81. The third-order valence-corrected chi connectivity index (χ3v) is 3.57. The van der Waals surface area contributed by atoms with Gasteiger partial charge in [-0.15, -0.1) is 0 Å². The van der Waals surface area contributed by atoms with E-state index in [4.69, 9.17) is 14.2 Å². The molecule has 0 aliphatic heterocycles. The van der Waals surface area contributed by atoms with Crippen molar-refractivity contribution in [2.45, 2.75) is 46.5 Å². The molecule has 0 heterocycles. The number of hydrogen-bond acceptors (Lipinski definition) is 5. The average Bonchev–Trinajstić information content (AvgIpc) is 2.58. The highest BCUT2D eigenvalue weighted by Gasteiger charge is 2.19. The third kappa shape index (κ3) is 4.72. The normalized spacial score (nSPS) is 10.5. The quantitative estimate of drug-likeness (QED) is 0.515. The minimum absolute atomic E-state index is 0.300. The van der Waals surface area contributed by atoms with Gasteiger partial charge in [0.15, 0.2) is 11.5 Å². The van der Waals surface area contributed by atoms with Crippen molar-refractivity contribution in [3.05, 3.63) is 30.3 Å². The summed E-state index contributed by atoms with van der Waals surface area (Å²) < 4.78 is 16.7. The van der Waals surface area contributed by atoms with Gasteiger partial charge >= 0.3 is 11.9 Å². The highest BCUT2D eigenvalue weighted by Crippen LogP contribution is 2.42. The van der Waals surface area contributed by atoms with Gasteiger partial charge in [-0.1, -0.05) is 38.1 Å². The van der Waals surface area contributed by atoms with Gasteiger partial charge < -0.3 is 14.2 Å². The molecule has 25 heavy (non-hydrogen) atoms. The fourth-order valence-electron chi connectivity index (χ4n) is 2.49. The molecule has 0 bridgehead atoms. The number of hydrogen-bond donors (Lipinski definition) is 0. The maximum Gasteiger partial charge on any atom is 0.311 e. The highest BCUT2D eigenvalue weighted by molar-refractivity contribution is 5.98. The zero-order valence-electron chi connectivity index (χ0n) is 15.0. The van der Waals surface area contributed by atoms with Crippen LogP contribution in [0.25, 0.3) is 10.8 Å². The van der Waals surface area contributed by atoms with Gasteiger partial charge in [0.2, 0.25) is 0 Å². The Morgan fingerprint density at radius 3 is 2.04 bits per heavy atom. The van der Waals surface area contributed by atoms with Crippen molar-refractivity contribution >= 4 is 22.7 Å². The maximum absolute atomic E-state index is 12.0. The second kappa shape index (κ2) is 9.06. The number of fused-ring (bicyclic) bond motifs is 1. The van der Waals surface area contributed by atoms with Crippen molar-refractivity contribution in [2.24, 2.45) is 0 Å². The molecule has 0 aromatic heterocycles. The molecule has 134 valence electrons. The summed E-state index contributed by atoms with van der Waals surface area (Å²) >= 11 is 0. The Morgan fingerprint density at radius 2 is 1.44 bits per heavy atom. The fourth-order valence-corrected chi connectivity index (χ4v) is 2.49. The van der Waals surface area contributed by atoms with E-state index in [0.717, 1.165) is 0 Å². The standard InChI is InChI=1S/C20H24O5/c1-4-9-18(21)24-16-13-17(23-6-3)20(25-19(22)10-5-2)15-12-8-7-11-14(15)16/h7-8,11-13H,4-6,9-10H2,1-3H3. The van der Waals surface area contributed by atoms with E-state index in [1.54, 1.807) is 6.07 Å². The molecule has 0 aliphatic carbocycles. The van der Waals surface area contributed by atoms with Crippen LogP contribution in [0.4, 0.5) is 0 Å². The molecule has 0 fully saturated rings. The fraction of sp³-hybridized carbons (Fsp3) is 0.400. The molecule has 0 atom stereocenters. The predicted octanol–water partition coefficient (Wildman–Crippen LogP) is 4.65. The number of benzene rings is 2. The minimum atomic E-state index is -0.315. The van der Waals surface area contributed by atoms with Crippen LogP contribution >= 0.6 is 0 Å². The lowest BCUT2D eigenvalue weighted by atomic mass is 10.1. The van der Waals surface area contributed by atoms with Crippen LogP contribution in [0.3, 0.4) is 0 Å². The highest BCUT2D eigenvalue weighted by atomic mass is 16.6. The van der Waals surface area contributed by atoms with Crippen molar-refractivity contribution in [3.8, 4) is 17.2 Å². The van der Waals surface area contributed by atoms with Crippen molar-refractivity contribution in [3.63, 3.8) is 0 Å². The number of carbonyl (C=O) groups is 2. The van der Waals surface area contributed by atoms with Gasteiger partial charge in [-0.3, -0.25) is 9.59 Å². The summed E-state index contributed by atoms with van der Waals surface area (Å²) in [6, 6.07) is 8.96. The van der Waals surface area contributed by atoms with E-state index >= 15 is 0 Å². The molecule has 0 aliphatic rings. The molecular weight excluding hydrogens is 320 g/mol. The monoisotopic (exact) mass is 344 g/mol. The maximum atomic E-state index is 12.0. The first kappa shape index (κ1) is 18.8. The molecular formula is C20H24O5. The molecule has 0 unspecified atom stereocenters. The lowest BCUT2D eigenvalue weighted by Gasteiger charge is -2.16. The first-order chi connectivity index (χ1) is 12.1. The topological polar surface area (TPSA) is 61.8 Å². The minimum Gasteiger partial charge on any atom is -0.490 e. The van der Waals surface area contributed by atoms with Crippen LogP contribution in [0.2, 0.25) is 0 Å². The summed E-state index contributed by atoms with van der Waals surface area (Å²) in [5.74, 6) is 0.555. The van der Waals surface area contributed by atoms with Crippen molar-refractivity contribution in [1.82, 2.24) is 0 Å². The summed E-state index contributed by atoms with van der Waals surface area (Å²) in [6.07, 6.45) is 2.08. The number of ether oxygens (including phenoxy) is 3. The van der Waals surface area contributed by atoms with E-state index in [-0.39, 0.29) is 11.9 Å². The first-order valence-corrected chi connectivity index (χ1v) is 8.70. The van der Waals surface area contributed by atoms with Gasteiger partial charge in [0.25, 0.3) is 0 Å². The van der Waals surface area contributed by atoms with Crippen LogP contribution in [0.15, 0.2) is 30.3 Å². The van der Waals surface area contributed by atoms with Crippen LogP contribution < -0.4 is 14.2 Å². The Labute approximate surface area is 147 Å². The second-order valence-corrected chi connectivity index (χ2v) is 5.63. The lowest BCUT2D eigenvalue weighted by molar-refractivity contribution is -0.135. The Hall–Kier alpha value is -2.56. The van der Waals surface area contributed by atoms with Gasteiger partial charge in [0.1, 0.15) is 5.75 Å². The molecule has 0 N–H and O–H groups in total.